The molecule has 42 valence electrons. The molecule has 0 saturated heterocycles. The maximum atomic E-state index is 9.47. The topological polar surface area (TPSA) is 66.8 Å². The molecule has 0 radical (unpaired) electrons. The summed E-state index contributed by atoms with van der Waals surface area (Å²) in [6, 6.07) is 0. The van der Waals surface area contributed by atoms with Crippen LogP contribution in [0.25, 0.3) is 0 Å². The average molecular weight is 201 g/mol. The van der Waals surface area contributed by atoms with Crippen LogP contribution in [0.4, 0.5) is 0 Å². The average Bonchev–Trinajstić information content (AvgIpc) is 1.35. The number of hydrogen-bond acceptors (Lipinski definition) is 2. The predicted octanol–water partition coefficient (Wildman–Crippen LogP) is -3.16. The summed E-state index contributed by atoms with van der Waals surface area (Å²) in [5, 5.41) is 0. The van der Waals surface area contributed by atoms with Crippen LogP contribution in [0.3, 0.4) is 0 Å². The molecule has 0 amide bonds. The molecule has 4 nitrogen and oxygen atoms in total. The van der Waals surface area contributed by atoms with Gasteiger partial charge in [0.15, 0.2) is 0 Å². The molecule has 0 aromatic carbocycles. The molecule has 0 aromatic heterocycles. The summed E-state index contributed by atoms with van der Waals surface area (Å²) in [4.78, 5) is 15.4. The van der Waals surface area contributed by atoms with E-state index in [0.29, 0.717) is 0 Å². The first-order chi connectivity index (χ1) is 2.56. The van der Waals surface area contributed by atoms with Crippen LogP contribution in [0, 0.1) is 0 Å². The van der Waals surface area contributed by atoms with Gasteiger partial charge in [-0.25, -0.2) is 4.57 Å². The normalized spacial score (nSPS) is 8.88. The smallest absolute Gasteiger partial charge is 1.00 e. The third-order valence-electron chi connectivity index (χ3n) is 0.238. The van der Waals surface area contributed by atoms with Gasteiger partial charge in [0.2, 0.25) is 0 Å². The molecular weight excluding hydrogens is 195 g/mol. The Morgan fingerprint density at radius 3 is 1.75 bits per heavy atom. The van der Waals surface area contributed by atoms with Crippen molar-refractivity contribution in [1.82, 2.24) is 0 Å². The van der Waals surface area contributed by atoms with Crippen molar-refractivity contribution >= 4 is 7.82 Å². The monoisotopic (exact) mass is 200 g/mol. The number of phosphoric acid groups is 1. The van der Waals surface area contributed by atoms with Gasteiger partial charge >= 0.3 is 37.4 Å². The molecule has 0 aliphatic carbocycles. The fraction of sp³-hybridized carbons (Fsp3) is 1.00. The molecular formula is CH6NaO4PZn. The van der Waals surface area contributed by atoms with E-state index in [0.717, 1.165) is 7.11 Å². The van der Waals surface area contributed by atoms with Crippen LogP contribution in [0.1, 0.15) is 1.43 Å². The van der Waals surface area contributed by atoms with Gasteiger partial charge in [-0.3, -0.25) is 4.52 Å². The zero-order chi connectivity index (χ0) is 5.21. The summed E-state index contributed by atoms with van der Waals surface area (Å²) in [7, 11) is -3.20. The van der Waals surface area contributed by atoms with Gasteiger partial charge in [-0.2, -0.15) is 0 Å². The van der Waals surface area contributed by atoms with E-state index < -0.39 is 7.82 Å². The largest absolute Gasteiger partial charge is 1.00 e. The maximum Gasteiger partial charge on any atom is 1.00 e. The molecule has 2 N–H and O–H groups in total. The van der Waals surface area contributed by atoms with E-state index in [1.54, 1.807) is 0 Å². The standard InChI is InChI=1S/CH5O4P.Na.Zn.H/c1-5-6(2,3)4;;;/h1H3,(H2,2,3,4);;;/q;+1;;-1. The molecule has 0 atom stereocenters. The van der Waals surface area contributed by atoms with Crippen LogP contribution in [0.2, 0.25) is 0 Å². The Morgan fingerprint density at radius 2 is 1.75 bits per heavy atom. The Bertz CT molecular complexity index is 84.6. The zero-order valence-corrected chi connectivity index (χ0v) is 10.7. The molecule has 0 aliphatic heterocycles. The first kappa shape index (κ1) is 16.4. The molecule has 0 unspecified atom stereocenters. The molecule has 8 heavy (non-hydrogen) atoms. The fourth-order valence-corrected chi connectivity index (χ4v) is 0. The van der Waals surface area contributed by atoms with Crippen molar-refractivity contribution in [3.8, 4) is 0 Å². The molecule has 7 heteroatoms. The Morgan fingerprint density at radius 1 is 1.62 bits per heavy atom. The van der Waals surface area contributed by atoms with Gasteiger partial charge in [-0.05, 0) is 0 Å². The third kappa shape index (κ3) is 15.6. The van der Waals surface area contributed by atoms with Gasteiger partial charge in [0.25, 0.3) is 0 Å². The van der Waals surface area contributed by atoms with Crippen molar-refractivity contribution in [3.05, 3.63) is 0 Å². The summed E-state index contributed by atoms with van der Waals surface area (Å²) >= 11 is 0. The Balaban J connectivity index is -0.0000000417. The quantitative estimate of drug-likeness (QED) is 0.347. The van der Waals surface area contributed by atoms with Crippen LogP contribution in [0.5, 0.6) is 0 Å². The maximum absolute atomic E-state index is 9.47. The third-order valence-corrected chi connectivity index (χ3v) is 0.714. The van der Waals surface area contributed by atoms with E-state index >= 15 is 0 Å². The Kier molecular flexibility index (Phi) is 14.0. The Labute approximate surface area is 83.8 Å². The predicted molar refractivity (Wildman–Crippen MR) is 20.2 cm³/mol. The molecule has 0 fully saturated rings. The number of rotatable bonds is 1. The molecule has 0 saturated carbocycles. The van der Waals surface area contributed by atoms with Crippen LogP contribution in [-0.4, -0.2) is 16.9 Å². The van der Waals surface area contributed by atoms with Crippen molar-refractivity contribution in [2.75, 3.05) is 7.11 Å². The van der Waals surface area contributed by atoms with E-state index in [9.17, 15) is 4.57 Å². The fourth-order valence-electron chi connectivity index (χ4n) is 0. The van der Waals surface area contributed by atoms with Gasteiger partial charge in [0, 0.05) is 26.6 Å². The van der Waals surface area contributed by atoms with Gasteiger partial charge in [0.1, 0.15) is 0 Å². The van der Waals surface area contributed by atoms with Gasteiger partial charge < -0.3 is 11.2 Å². The van der Waals surface area contributed by atoms with Crippen molar-refractivity contribution in [3.63, 3.8) is 0 Å². The van der Waals surface area contributed by atoms with E-state index in [4.69, 9.17) is 9.79 Å². The first-order valence-corrected chi connectivity index (χ1v) is 2.70. The second-order valence-electron chi connectivity index (χ2n) is 0.673. The van der Waals surface area contributed by atoms with E-state index in [1.165, 1.54) is 0 Å². The molecule has 0 spiro atoms. The molecule has 0 heterocycles. The summed E-state index contributed by atoms with van der Waals surface area (Å²) in [5.74, 6) is 0. The van der Waals surface area contributed by atoms with Crippen LogP contribution < -0.4 is 29.6 Å². The van der Waals surface area contributed by atoms with Crippen LogP contribution in [0.15, 0.2) is 0 Å². The molecule has 0 rings (SSSR count). The summed E-state index contributed by atoms with van der Waals surface area (Å²) in [6.07, 6.45) is 0. The first-order valence-electron chi connectivity index (χ1n) is 1.17. The van der Waals surface area contributed by atoms with Gasteiger partial charge in [-0.1, -0.05) is 0 Å². The minimum absolute atomic E-state index is 0. The summed E-state index contributed by atoms with van der Waals surface area (Å²) < 4.78 is 13.1. The molecule has 0 aromatic rings. The molecule has 0 bridgehead atoms. The Hall–Kier alpha value is 1.73. The van der Waals surface area contributed by atoms with E-state index in [2.05, 4.69) is 4.52 Å². The molecule has 0 aliphatic rings. The summed E-state index contributed by atoms with van der Waals surface area (Å²) in [6.45, 7) is 0. The van der Waals surface area contributed by atoms with E-state index in [-0.39, 0.29) is 50.5 Å². The van der Waals surface area contributed by atoms with Crippen LogP contribution >= 0.6 is 7.82 Å². The van der Waals surface area contributed by atoms with Crippen molar-refractivity contribution in [2.45, 2.75) is 0 Å². The van der Waals surface area contributed by atoms with Crippen LogP contribution in [-0.2, 0) is 28.6 Å². The number of phosphoric ester groups is 1. The van der Waals surface area contributed by atoms with Crippen molar-refractivity contribution < 1.29 is 69.3 Å². The van der Waals surface area contributed by atoms with E-state index in [1.807, 2.05) is 0 Å². The van der Waals surface area contributed by atoms with Gasteiger partial charge in [0.05, 0.1) is 0 Å². The SMILES string of the molecule is COP(=O)(O)O.[H-].[Na+].[Zn]. The zero-order valence-electron chi connectivity index (χ0n) is 5.87. The second kappa shape index (κ2) is 6.85. The summed E-state index contributed by atoms with van der Waals surface area (Å²) in [5.41, 5.74) is 0. The van der Waals surface area contributed by atoms with Crippen molar-refractivity contribution in [2.24, 2.45) is 0 Å². The number of hydrogen-bond donors (Lipinski definition) is 2. The minimum Gasteiger partial charge on any atom is -1.00 e. The van der Waals surface area contributed by atoms with Gasteiger partial charge in [-0.15, -0.1) is 0 Å². The second-order valence-corrected chi connectivity index (χ2v) is 2.02. The van der Waals surface area contributed by atoms with Crippen molar-refractivity contribution in [1.29, 1.82) is 0 Å². The minimum atomic E-state index is -4.15.